The van der Waals surface area contributed by atoms with Crippen LogP contribution >= 0.6 is 0 Å². The summed E-state index contributed by atoms with van der Waals surface area (Å²) < 4.78 is 18.3. The molecule has 0 unspecified atom stereocenters. The fourth-order valence-corrected chi connectivity index (χ4v) is 14.3. The molecule has 14 N–H and O–H groups in total. The molecule has 0 radical (unpaired) electrons. The maximum atomic E-state index is 12.0. The number of H-pyrrole nitrogens is 3. The third-order valence-corrected chi connectivity index (χ3v) is 20.3. The van der Waals surface area contributed by atoms with Crippen LogP contribution in [0.3, 0.4) is 0 Å². The number of carboxylic acid groups (broad SMARTS) is 3. The maximum Gasteiger partial charge on any atom is 1.00 e. The van der Waals surface area contributed by atoms with Gasteiger partial charge in [-0.1, -0.05) is 84.9 Å². The molecule has 3 amide bonds. The Morgan fingerprint density at radius 3 is 0.837 bits per heavy atom. The average molecular weight is 1740 g/mol. The monoisotopic (exact) mass is 1740 g/mol. The van der Waals surface area contributed by atoms with E-state index in [1.165, 1.54) is 0 Å². The number of aryl methyl sites for hydroxylation is 8. The topological polar surface area (TPSA) is 561 Å². The Bertz CT molecular complexity index is 6270. The van der Waals surface area contributed by atoms with Gasteiger partial charge < -0.3 is 71.2 Å². The number of primary amides is 3. The summed E-state index contributed by atoms with van der Waals surface area (Å²) in [4.78, 5) is 92.2. The van der Waals surface area contributed by atoms with E-state index in [-0.39, 0.29) is 103 Å². The van der Waals surface area contributed by atoms with Gasteiger partial charge in [-0.05, 0) is 261 Å². The Morgan fingerprint density at radius 2 is 0.612 bits per heavy atom. The van der Waals surface area contributed by atoms with Gasteiger partial charge in [-0.2, -0.15) is 20.9 Å². The standard InChI is InChI=1S/C24H24N6O3.C24H23N3O3.C22H20N6O3.C22H19N5O4.Li.Na.2H2O/c1-3-33-22(31)13-10-19-9-12-21(16-4-6-17(7-5-16)24-26-28-29-27-24)30(19)20-11-8-18(23(25)32)14-15(20)2;1-3-30-23(28)13-10-20-9-12-22(18-6-4-17(15-25)5-7-18)27(20)21-11-8-19(24(26)29)14-16(21)2;1-13-12-16(21(23)31)6-9-18(13)28-17(8-11-20(29)30)7-10-19(28)14-2-4-15(5-3-14)22-24-26-27-25-22;1-13-12-16(22(30)31)6-9-18(13)27-17(8-11-20(28)29)7-10-19(27)14-2-4-15(5-3-14)21-23-25-26-24-21;;;;/h4-9,11-12,14H,3,10,13H2,1-2H3,(H2,25,32)(H,26,27,28,29);4-9,11-12,14H,3,10,13H2,1-2H3,(H2,26,29);2-7,9-10,12H,8,11H2,1H3,(H2,23,31)(H,29,30)(H,24,25,26,27);2-7,9-10,12H,8,11H2,1H3,(H,28,29)(H,30,31)(H,23,24,25,26);;;2*1H2/q;;;;2*+1;;/p-2. The zero-order valence-corrected chi connectivity index (χ0v) is 73.7. The van der Waals surface area contributed by atoms with E-state index in [4.69, 9.17) is 42.1 Å². The average Bonchev–Trinajstić information content (AvgIpc) is 1.64. The largest absolute Gasteiger partial charge is 1.00 e. The van der Waals surface area contributed by atoms with Gasteiger partial charge in [-0.15, -0.1) is 30.6 Å². The number of aromatic carboxylic acids is 1. The molecule has 15 rings (SSSR count). The molecule has 0 fully saturated rings. The van der Waals surface area contributed by atoms with Crippen molar-refractivity contribution >= 4 is 47.6 Å². The number of aromatic amines is 3. The van der Waals surface area contributed by atoms with Crippen molar-refractivity contribution in [2.24, 2.45) is 17.2 Å². The zero-order valence-electron chi connectivity index (χ0n) is 71.7. The van der Waals surface area contributed by atoms with E-state index >= 15 is 0 Å². The van der Waals surface area contributed by atoms with E-state index in [1.54, 1.807) is 80.6 Å². The number of carbonyl (C=O) groups excluding carboxylic acids is 5. The Hall–Kier alpha value is -15.1. The van der Waals surface area contributed by atoms with Crippen LogP contribution in [0.1, 0.15) is 132 Å². The van der Waals surface area contributed by atoms with E-state index in [0.717, 1.165) is 129 Å². The number of hydrogen-bond donors (Lipinski definition) is 9. The summed E-state index contributed by atoms with van der Waals surface area (Å²) in [5.41, 5.74) is 38.7. The fourth-order valence-electron chi connectivity index (χ4n) is 14.3. The number of nitrogens with one attached hydrogen (secondary N) is 3. The molecule has 0 saturated heterocycles. The molecule has 0 saturated carbocycles. The first kappa shape index (κ1) is 99.3. The van der Waals surface area contributed by atoms with Gasteiger partial charge in [-0.3, -0.25) is 33.6 Å². The summed E-state index contributed by atoms with van der Waals surface area (Å²) in [5.74, 6) is -3.16. The molecule has 0 bridgehead atoms. The molecule has 0 aliphatic carbocycles. The molecule has 35 nitrogen and oxygen atoms in total. The summed E-state index contributed by atoms with van der Waals surface area (Å²) >= 11 is 0. The Morgan fingerprint density at radius 1 is 0.364 bits per heavy atom. The number of aliphatic carboxylic acids is 2. The Labute approximate surface area is 772 Å². The molecule has 7 aromatic heterocycles. The first-order valence-electron chi connectivity index (χ1n) is 39.5. The zero-order chi connectivity index (χ0) is 89.0. The minimum atomic E-state index is -0.995. The summed E-state index contributed by atoms with van der Waals surface area (Å²) in [5, 5.41) is 78.7. The second-order valence-electron chi connectivity index (χ2n) is 28.6. The van der Waals surface area contributed by atoms with E-state index in [1.807, 2.05) is 188 Å². The van der Waals surface area contributed by atoms with Crippen LogP contribution in [0.4, 0.5) is 0 Å². The van der Waals surface area contributed by atoms with Crippen LogP contribution in [0.25, 0.3) is 102 Å². The number of nitriles is 1. The van der Waals surface area contributed by atoms with Gasteiger partial charge in [0.1, 0.15) is 0 Å². The Balaban J connectivity index is 0.000000210. The minimum absolute atomic E-state index is 0. The van der Waals surface area contributed by atoms with Crippen molar-refractivity contribution in [2.45, 2.75) is 92.9 Å². The minimum Gasteiger partial charge on any atom is -0.870 e. The third kappa shape index (κ3) is 24.5. The quantitative estimate of drug-likeness (QED) is 0.0170. The van der Waals surface area contributed by atoms with Crippen molar-refractivity contribution in [3.8, 4) is 108 Å². The number of rotatable bonds is 29. The van der Waals surface area contributed by atoms with Crippen LogP contribution < -0.4 is 65.6 Å². The normalized spacial score (nSPS) is 10.4. The Kier molecular flexibility index (Phi) is 35.5. The summed E-state index contributed by atoms with van der Waals surface area (Å²) in [7, 11) is 0. The van der Waals surface area contributed by atoms with Crippen molar-refractivity contribution in [1.82, 2.24) is 80.1 Å². The van der Waals surface area contributed by atoms with E-state index in [2.05, 4.69) is 77.1 Å². The number of nitrogens with two attached hydrogens (primary N) is 3. The van der Waals surface area contributed by atoms with Gasteiger partial charge in [-0.25, -0.2) is 4.79 Å². The maximum absolute atomic E-state index is 12.0. The van der Waals surface area contributed by atoms with Crippen LogP contribution in [-0.2, 0) is 54.3 Å². The SMILES string of the molecule is CCOC(=O)CCc1ccc(-c2ccc(-c3nn[nH]n3)cc2)n1-c1ccc(C(N)=O)cc1C.CCOC(=O)CCc1ccc(-c2ccc(C#N)cc2)n1-c1ccc(C(N)=O)cc1C.Cc1cc(C(=O)O)ccc1-n1c(CCC(=O)O)ccc1-c1ccc(-c2nn[nH]n2)cc1.Cc1cc(C(N)=O)ccc1-n1c(CCC(=O)O)ccc1-c1ccc(-c2nn[nH]n2)cc1.[Li+].[Na+].[OH-].[OH-]. The molecule has 7 heterocycles. The van der Waals surface area contributed by atoms with Crippen LogP contribution in [-0.4, -0.2) is 167 Å². The number of ether oxygens (including phenoxy) is 2. The number of carboxylic acids is 3. The molecule has 37 heteroatoms. The second kappa shape index (κ2) is 46.2. The van der Waals surface area contributed by atoms with Gasteiger partial charge in [0, 0.05) is 78.9 Å². The second-order valence-corrected chi connectivity index (χ2v) is 28.6. The van der Waals surface area contributed by atoms with E-state index in [9.17, 15) is 43.5 Å². The number of esters is 2. The van der Waals surface area contributed by atoms with Crippen molar-refractivity contribution in [2.75, 3.05) is 13.2 Å². The van der Waals surface area contributed by atoms with Crippen LogP contribution in [0.2, 0.25) is 0 Å². The number of aromatic nitrogens is 16. The summed E-state index contributed by atoms with van der Waals surface area (Å²) in [6.07, 6.45) is 2.27. The number of hydrogen-bond acceptors (Lipinski definition) is 22. The molecule has 129 heavy (non-hydrogen) atoms. The van der Waals surface area contributed by atoms with Crippen molar-refractivity contribution < 1.29 is 123 Å². The molecule has 0 spiro atoms. The smallest absolute Gasteiger partial charge is 0.870 e. The summed E-state index contributed by atoms with van der Waals surface area (Å²) in [6, 6.07) is 69.2. The molecule has 0 aliphatic heterocycles. The third-order valence-electron chi connectivity index (χ3n) is 20.3. The van der Waals surface area contributed by atoms with Gasteiger partial charge in [0.2, 0.25) is 35.2 Å². The first-order valence-corrected chi connectivity index (χ1v) is 39.5. The van der Waals surface area contributed by atoms with Crippen LogP contribution in [0.5, 0.6) is 0 Å². The van der Waals surface area contributed by atoms with Crippen LogP contribution in [0.15, 0.2) is 218 Å². The van der Waals surface area contributed by atoms with Crippen molar-refractivity contribution in [3.05, 3.63) is 291 Å². The fraction of sp³-hybridized carbons (Fsp3) is 0.174. The molecular weight excluding hydrogens is 1660 g/mol. The number of tetrazole rings is 3. The molecule has 0 aliphatic rings. The van der Waals surface area contributed by atoms with Gasteiger partial charge in [0.25, 0.3) is 0 Å². The summed E-state index contributed by atoms with van der Waals surface area (Å²) in [6.45, 7) is 11.9. The number of carbonyl (C=O) groups is 8. The molecule has 15 aromatic rings. The van der Waals surface area contributed by atoms with Crippen molar-refractivity contribution in [1.29, 1.82) is 5.26 Å². The van der Waals surface area contributed by atoms with Gasteiger partial charge >= 0.3 is 78.3 Å². The van der Waals surface area contributed by atoms with Crippen molar-refractivity contribution in [3.63, 3.8) is 0 Å². The molecule has 648 valence electrons. The number of nitrogens with zero attached hydrogens (tertiary/aromatic N) is 14. The molecule has 0 atom stereocenters. The predicted octanol–water partition coefficient (Wildman–Crippen LogP) is 6.90. The van der Waals surface area contributed by atoms with Gasteiger partial charge in [0.15, 0.2) is 0 Å². The number of amides is 3. The van der Waals surface area contributed by atoms with E-state index in [0.29, 0.717) is 78.6 Å². The number of benzene rings is 8. The van der Waals surface area contributed by atoms with Gasteiger partial charge in [0.05, 0.1) is 78.9 Å². The first-order chi connectivity index (χ1) is 60.3. The van der Waals surface area contributed by atoms with E-state index < -0.39 is 35.6 Å². The van der Waals surface area contributed by atoms with Crippen LogP contribution in [0, 0.1) is 39.0 Å². The molecular formula is C92H88LiN20NaO15. The predicted molar refractivity (Wildman–Crippen MR) is 466 cm³/mol. The molecule has 8 aromatic carbocycles.